The first-order valence-corrected chi connectivity index (χ1v) is 9.48. The van der Waals surface area contributed by atoms with Gasteiger partial charge in [0.05, 0.1) is 0 Å². The van der Waals surface area contributed by atoms with Crippen LogP contribution in [0, 0.1) is 0 Å². The number of piperidine rings is 1. The van der Waals surface area contributed by atoms with Gasteiger partial charge in [-0.2, -0.15) is 0 Å². The number of hydrogen-bond acceptors (Lipinski definition) is 4. The SMILES string of the molecule is CN(C)C(=O)[C@@H]1CCCN1C(=O)C1(Oc2ccc(Cl)cc2)CCNCC1. The number of benzene rings is 1. The summed E-state index contributed by atoms with van der Waals surface area (Å²) in [5, 5.41) is 3.91. The van der Waals surface area contributed by atoms with Crippen LogP contribution in [0.3, 0.4) is 0 Å². The molecule has 2 heterocycles. The van der Waals surface area contributed by atoms with Crippen LogP contribution in [0.5, 0.6) is 5.75 Å². The summed E-state index contributed by atoms with van der Waals surface area (Å²) in [7, 11) is 3.46. The summed E-state index contributed by atoms with van der Waals surface area (Å²) in [6, 6.07) is 6.69. The second-order valence-corrected chi connectivity index (χ2v) is 7.63. The van der Waals surface area contributed by atoms with E-state index in [-0.39, 0.29) is 11.8 Å². The molecule has 142 valence electrons. The number of ether oxygens (including phenoxy) is 1. The Morgan fingerprint density at radius 3 is 2.50 bits per heavy atom. The van der Waals surface area contributed by atoms with Gasteiger partial charge in [0, 0.05) is 38.5 Å². The van der Waals surface area contributed by atoms with E-state index in [1.165, 1.54) is 0 Å². The van der Waals surface area contributed by atoms with Crippen LogP contribution in [-0.4, -0.2) is 67.0 Å². The lowest BCUT2D eigenvalue weighted by atomic mass is 9.89. The third kappa shape index (κ3) is 3.81. The Labute approximate surface area is 159 Å². The summed E-state index contributed by atoms with van der Waals surface area (Å²) in [4.78, 5) is 29.3. The fourth-order valence-corrected chi connectivity index (χ4v) is 3.87. The molecule has 0 radical (unpaired) electrons. The van der Waals surface area contributed by atoms with Gasteiger partial charge in [0.15, 0.2) is 5.60 Å². The van der Waals surface area contributed by atoms with Crippen LogP contribution in [0.1, 0.15) is 25.7 Å². The summed E-state index contributed by atoms with van der Waals surface area (Å²) in [5.41, 5.74) is -0.936. The minimum absolute atomic E-state index is 0.0218. The first-order chi connectivity index (χ1) is 12.4. The highest BCUT2D eigenvalue weighted by Gasteiger charge is 2.48. The van der Waals surface area contributed by atoms with E-state index in [0.29, 0.717) is 49.7 Å². The number of carbonyl (C=O) groups excluding carboxylic acids is 2. The molecule has 2 amide bonds. The molecule has 2 aliphatic heterocycles. The molecule has 0 unspecified atom stereocenters. The van der Waals surface area contributed by atoms with Gasteiger partial charge in [-0.3, -0.25) is 9.59 Å². The largest absolute Gasteiger partial charge is 0.477 e. The van der Waals surface area contributed by atoms with Crippen molar-refractivity contribution < 1.29 is 14.3 Å². The van der Waals surface area contributed by atoms with E-state index >= 15 is 0 Å². The Kier molecular flexibility index (Phi) is 5.73. The molecule has 0 aromatic heterocycles. The predicted molar refractivity (Wildman–Crippen MR) is 100 cm³/mol. The van der Waals surface area contributed by atoms with Crippen molar-refractivity contribution in [1.82, 2.24) is 15.1 Å². The molecule has 6 nitrogen and oxygen atoms in total. The van der Waals surface area contributed by atoms with Gasteiger partial charge in [0.2, 0.25) is 5.91 Å². The maximum atomic E-state index is 13.5. The number of carbonyl (C=O) groups is 2. The molecule has 1 atom stereocenters. The molecule has 2 aliphatic rings. The fraction of sp³-hybridized carbons (Fsp3) is 0.579. The molecular weight excluding hydrogens is 354 g/mol. The highest BCUT2D eigenvalue weighted by atomic mass is 35.5. The van der Waals surface area contributed by atoms with E-state index in [9.17, 15) is 9.59 Å². The van der Waals surface area contributed by atoms with Gasteiger partial charge in [-0.25, -0.2) is 0 Å². The van der Waals surface area contributed by atoms with Crippen molar-refractivity contribution in [3.63, 3.8) is 0 Å². The number of rotatable bonds is 4. The fourth-order valence-electron chi connectivity index (χ4n) is 3.74. The van der Waals surface area contributed by atoms with Crippen molar-refractivity contribution in [3.8, 4) is 5.75 Å². The van der Waals surface area contributed by atoms with Gasteiger partial charge >= 0.3 is 0 Å². The number of hydrogen-bond donors (Lipinski definition) is 1. The van der Waals surface area contributed by atoms with E-state index in [4.69, 9.17) is 16.3 Å². The summed E-state index contributed by atoms with van der Waals surface area (Å²) in [5.74, 6) is 0.525. The molecule has 0 spiro atoms. The predicted octanol–water partition coefficient (Wildman–Crippen LogP) is 1.92. The molecule has 0 saturated carbocycles. The Morgan fingerprint density at radius 2 is 1.88 bits per heavy atom. The third-order valence-corrected chi connectivity index (χ3v) is 5.42. The van der Waals surface area contributed by atoms with E-state index in [0.717, 1.165) is 6.42 Å². The molecule has 2 saturated heterocycles. The number of likely N-dealkylation sites (N-methyl/N-ethyl adjacent to an activating group) is 1. The number of nitrogens with one attached hydrogen (secondary N) is 1. The standard InChI is InChI=1S/C19H26ClN3O3/c1-22(2)17(24)16-4-3-13-23(16)18(25)19(9-11-21-12-10-19)26-15-7-5-14(20)6-8-15/h5-8,16,21H,3-4,9-13H2,1-2H3/t16-/m0/s1. The molecule has 0 bridgehead atoms. The summed E-state index contributed by atoms with van der Waals surface area (Å²) < 4.78 is 6.25. The second-order valence-electron chi connectivity index (χ2n) is 7.19. The van der Waals surface area contributed by atoms with Gasteiger partial charge in [-0.05, 0) is 50.2 Å². The Bertz CT molecular complexity index is 656. The minimum Gasteiger partial charge on any atom is -0.477 e. The zero-order valence-corrected chi connectivity index (χ0v) is 16.1. The van der Waals surface area contributed by atoms with Crippen LogP contribution in [0.15, 0.2) is 24.3 Å². The lowest BCUT2D eigenvalue weighted by molar-refractivity contribution is -0.155. The van der Waals surface area contributed by atoms with Crippen molar-refractivity contribution in [2.45, 2.75) is 37.3 Å². The van der Waals surface area contributed by atoms with Crippen molar-refractivity contribution in [1.29, 1.82) is 0 Å². The van der Waals surface area contributed by atoms with Gasteiger partial charge in [-0.1, -0.05) is 11.6 Å². The Hall–Kier alpha value is -1.79. The smallest absolute Gasteiger partial charge is 0.267 e. The molecule has 1 aromatic carbocycles. The van der Waals surface area contributed by atoms with Crippen LogP contribution in [-0.2, 0) is 9.59 Å². The van der Waals surface area contributed by atoms with Gasteiger partial charge in [0.1, 0.15) is 11.8 Å². The maximum absolute atomic E-state index is 13.5. The Balaban J connectivity index is 1.85. The minimum atomic E-state index is -0.936. The molecular formula is C19H26ClN3O3. The monoisotopic (exact) mass is 379 g/mol. The Morgan fingerprint density at radius 1 is 1.23 bits per heavy atom. The van der Waals surface area contributed by atoms with Crippen molar-refractivity contribution >= 4 is 23.4 Å². The first kappa shape index (κ1) is 19.0. The van der Waals surface area contributed by atoms with Gasteiger partial charge in [-0.15, -0.1) is 0 Å². The number of amides is 2. The van der Waals surface area contributed by atoms with Crippen LogP contribution in [0.2, 0.25) is 5.02 Å². The molecule has 7 heteroatoms. The van der Waals surface area contributed by atoms with E-state index in [1.54, 1.807) is 48.2 Å². The molecule has 26 heavy (non-hydrogen) atoms. The average Bonchev–Trinajstić information content (AvgIpc) is 3.12. The van der Waals surface area contributed by atoms with Gasteiger partial charge in [0.25, 0.3) is 5.91 Å². The molecule has 2 fully saturated rings. The van der Waals surface area contributed by atoms with Crippen LogP contribution in [0.25, 0.3) is 0 Å². The van der Waals surface area contributed by atoms with E-state index in [2.05, 4.69) is 5.32 Å². The van der Waals surface area contributed by atoms with Crippen LogP contribution in [0.4, 0.5) is 0 Å². The molecule has 1 aromatic rings. The number of nitrogens with zero attached hydrogens (tertiary/aromatic N) is 2. The van der Waals surface area contributed by atoms with Crippen LogP contribution < -0.4 is 10.1 Å². The van der Waals surface area contributed by atoms with Crippen molar-refractivity contribution in [2.24, 2.45) is 0 Å². The zero-order chi connectivity index (χ0) is 18.7. The second kappa shape index (κ2) is 7.84. The summed E-state index contributed by atoms with van der Waals surface area (Å²) in [6.07, 6.45) is 2.70. The number of halogens is 1. The maximum Gasteiger partial charge on any atom is 0.267 e. The molecule has 0 aliphatic carbocycles. The third-order valence-electron chi connectivity index (χ3n) is 5.17. The first-order valence-electron chi connectivity index (χ1n) is 9.10. The van der Waals surface area contributed by atoms with E-state index in [1.807, 2.05) is 0 Å². The van der Waals surface area contributed by atoms with Gasteiger partial charge < -0.3 is 19.9 Å². The van der Waals surface area contributed by atoms with Crippen molar-refractivity contribution in [2.75, 3.05) is 33.7 Å². The van der Waals surface area contributed by atoms with Crippen molar-refractivity contribution in [3.05, 3.63) is 29.3 Å². The quantitative estimate of drug-likeness (QED) is 0.868. The number of likely N-dealkylation sites (tertiary alicyclic amines) is 1. The molecule has 3 rings (SSSR count). The summed E-state index contributed by atoms with van der Waals surface area (Å²) in [6.45, 7) is 2.02. The molecule has 1 N–H and O–H groups in total. The average molecular weight is 380 g/mol. The van der Waals surface area contributed by atoms with Crippen LogP contribution >= 0.6 is 11.6 Å². The zero-order valence-electron chi connectivity index (χ0n) is 15.3. The normalized spacial score (nSPS) is 22.1. The summed E-state index contributed by atoms with van der Waals surface area (Å²) >= 11 is 5.96. The van der Waals surface area contributed by atoms with E-state index < -0.39 is 11.6 Å². The highest BCUT2D eigenvalue weighted by molar-refractivity contribution is 6.30. The lowest BCUT2D eigenvalue weighted by Gasteiger charge is -2.40. The topological polar surface area (TPSA) is 61.9 Å². The lowest BCUT2D eigenvalue weighted by Crippen LogP contribution is -2.60. The highest BCUT2D eigenvalue weighted by Crippen LogP contribution is 2.32.